The molecular weight excluding hydrogens is 238 g/mol. The third kappa shape index (κ3) is 3.01. The van der Waals surface area contributed by atoms with Gasteiger partial charge in [0.25, 0.3) is 10.0 Å². The topological polar surface area (TPSA) is 72.5 Å². The molecule has 0 aliphatic carbocycles. The summed E-state index contributed by atoms with van der Waals surface area (Å²) in [6.45, 7) is 1.43. The minimum absolute atomic E-state index is 0.179. The molecule has 1 N–H and O–H groups in total. The first-order valence-corrected chi connectivity index (χ1v) is 6.47. The Morgan fingerprint density at radius 2 is 2.27 bits per heavy atom. The number of ether oxygens (including phenoxy) is 1. The van der Waals surface area contributed by atoms with Crippen molar-refractivity contribution in [2.45, 2.75) is 17.2 Å². The number of thiophene rings is 1. The lowest BCUT2D eigenvalue weighted by Gasteiger charge is -2.10. The predicted octanol–water partition coefficient (Wildman–Crippen LogP) is 0.588. The van der Waals surface area contributed by atoms with Crippen molar-refractivity contribution < 1.29 is 17.9 Å². The van der Waals surface area contributed by atoms with Gasteiger partial charge < -0.3 is 4.74 Å². The molecule has 0 bridgehead atoms. The second-order valence-electron chi connectivity index (χ2n) is 2.80. The number of carbonyl (C=O) groups excluding carboxylic acids is 1. The van der Waals surface area contributed by atoms with E-state index >= 15 is 0 Å². The van der Waals surface area contributed by atoms with Crippen molar-refractivity contribution in [3.8, 4) is 0 Å². The normalized spacial score (nSPS) is 13.5. The van der Waals surface area contributed by atoms with Crippen LogP contribution in [0, 0.1) is 0 Å². The van der Waals surface area contributed by atoms with Gasteiger partial charge in [-0.15, -0.1) is 11.3 Å². The van der Waals surface area contributed by atoms with Crippen LogP contribution in [0.15, 0.2) is 21.7 Å². The fourth-order valence-electron chi connectivity index (χ4n) is 0.932. The molecule has 84 valence electrons. The van der Waals surface area contributed by atoms with E-state index in [1.165, 1.54) is 20.1 Å². The summed E-state index contributed by atoms with van der Waals surface area (Å²) in [6, 6.07) is 2.21. The Hall–Kier alpha value is -0.920. The van der Waals surface area contributed by atoms with Crippen LogP contribution in [0.3, 0.4) is 0 Å². The minimum atomic E-state index is -3.60. The smallest absolute Gasteiger partial charge is 0.323 e. The zero-order valence-corrected chi connectivity index (χ0v) is 9.89. The molecule has 0 aromatic carbocycles. The van der Waals surface area contributed by atoms with Crippen LogP contribution < -0.4 is 4.72 Å². The third-order valence-corrected chi connectivity index (χ3v) is 4.58. The van der Waals surface area contributed by atoms with E-state index in [9.17, 15) is 13.2 Å². The molecule has 1 atom stereocenters. The van der Waals surface area contributed by atoms with Crippen LogP contribution >= 0.6 is 11.3 Å². The summed E-state index contributed by atoms with van der Waals surface area (Å²) in [7, 11) is -2.40. The fourth-order valence-corrected chi connectivity index (χ4v) is 3.13. The van der Waals surface area contributed by atoms with Gasteiger partial charge in [0.2, 0.25) is 0 Å². The van der Waals surface area contributed by atoms with Crippen molar-refractivity contribution in [1.29, 1.82) is 0 Å². The highest BCUT2D eigenvalue weighted by Crippen LogP contribution is 2.15. The van der Waals surface area contributed by atoms with Gasteiger partial charge in [0.05, 0.1) is 7.11 Å². The summed E-state index contributed by atoms with van der Waals surface area (Å²) in [6.07, 6.45) is 0. The Morgan fingerprint density at radius 1 is 1.60 bits per heavy atom. The highest BCUT2D eigenvalue weighted by Gasteiger charge is 2.22. The highest BCUT2D eigenvalue weighted by molar-refractivity contribution is 7.91. The number of methoxy groups -OCH3 is 1. The van der Waals surface area contributed by atoms with Crippen LogP contribution in [-0.2, 0) is 19.6 Å². The van der Waals surface area contributed by atoms with E-state index in [1.54, 1.807) is 11.4 Å². The molecule has 1 unspecified atom stereocenters. The Balaban J connectivity index is 2.78. The number of hydrogen-bond donors (Lipinski definition) is 1. The first-order chi connectivity index (χ1) is 6.97. The summed E-state index contributed by atoms with van der Waals surface area (Å²) >= 11 is 1.09. The van der Waals surface area contributed by atoms with Gasteiger partial charge in [0, 0.05) is 0 Å². The van der Waals surface area contributed by atoms with Gasteiger partial charge in [-0.05, 0) is 18.4 Å². The second kappa shape index (κ2) is 4.73. The van der Waals surface area contributed by atoms with E-state index in [0.29, 0.717) is 0 Å². The largest absolute Gasteiger partial charge is 0.468 e. The van der Waals surface area contributed by atoms with Gasteiger partial charge in [-0.2, -0.15) is 4.72 Å². The number of esters is 1. The number of nitrogens with one attached hydrogen (secondary N) is 1. The Bertz CT molecular complexity index is 424. The SMILES string of the molecule is COC(=O)C(C)NS(=O)(=O)c1cccs1. The van der Waals surface area contributed by atoms with E-state index < -0.39 is 22.0 Å². The lowest BCUT2D eigenvalue weighted by Crippen LogP contribution is -2.38. The van der Waals surface area contributed by atoms with Gasteiger partial charge in [0.15, 0.2) is 0 Å². The van der Waals surface area contributed by atoms with Crippen LogP contribution in [0.25, 0.3) is 0 Å². The van der Waals surface area contributed by atoms with E-state index in [0.717, 1.165) is 11.3 Å². The summed E-state index contributed by atoms with van der Waals surface area (Å²) in [5.41, 5.74) is 0. The third-order valence-electron chi connectivity index (χ3n) is 1.65. The summed E-state index contributed by atoms with van der Waals surface area (Å²) in [5, 5.41) is 1.65. The molecule has 0 radical (unpaired) electrons. The molecule has 15 heavy (non-hydrogen) atoms. The molecule has 0 spiro atoms. The van der Waals surface area contributed by atoms with Gasteiger partial charge in [-0.3, -0.25) is 4.79 Å². The zero-order chi connectivity index (χ0) is 11.5. The minimum Gasteiger partial charge on any atom is -0.468 e. The molecule has 1 aromatic rings. The van der Waals surface area contributed by atoms with E-state index in [1.807, 2.05) is 0 Å². The number of rotatable bonds is 4. The van der Waals surface area contributed by atoms with Crippen molar-refractivity contribution in [3.05, 3.63) is 17.5 Å². The molecule has 0 saturated heterocycles. The zero-order valence-electron chi connectivity index (χ0n) is 8.26. The standard InChI is InChI=1S/C8H11NO4S2/c1-6(8(10)13-2)9-15(11,12)7-4-3-5-14-7/h3-6,9H,1-2H3. The molecule has 1 heterocycles. The first-order valence-electron chi connectivity index (χ1n) is 4.11. The van der Waals surface area contributed by atoms with Crippen LogP contribution in [0.1, 0.15) is 6.92 Å². The lowest BCUT2D eigenvalue weighted by atomic mass is 10.4. The van der Waals surface area contributed by atoms with Gasteiger partial charge >= 0.3 is 5.97 Å². The summed E-state index contributed by atoms with van der Waals surface area (Å²) in [4.78, 5) is 11.0. The van der Waals surface area contributed by atoms with Gasteiger partial charge in [0.1, 0.15) is 10.3 Å². The Morgan fingerprint density at radius 3 is 2.73 bits per heavy atom. The van der Waals surface area contributed by atoms with Crippen molar-refractivity contribution in [2.24, 2.45) is 0 Å². The van der Waals surface area contributed by atoms with E-state index in [-0.39, 0.29) is 4.21 Å². The second-order valence-corrected chi connectivity index (χ2v) is 5.69. The van der Waals surface area contributed by atoms with Gasteiger partial charge in [-0.25, -0.2) is 8.42 Å². The average molecular weight is 249 g/mol. The maximum absolute atomic E-state index is 11.6. The molecule has 0 amide bonds. The molecular formula is C8H11NO4S2. The number of sulfonamides is 1. The fraction of sp³-hybridized carbons (Fsp3) is 0.375. The molecule has 5 nitrogen and oxygen atoms in total. The quantitative estimate of drug-likeness (QED) is 0.793. The van der Waals surface area contributed by atoms with Crippen LogP contribution in [-0.4, -0.2) is 27.5 Å². The van der Waals surface area contributed by atoms with Crippen molar-refractivity contribution in [1.82, 2.24) is 4.72 Å². The highest BCUT2D eigenvalue weighted by atomic mass is 32.2. The first kappa shape index (κ1) is 12.2. The van der Waals surface area contributed by atoms with Crippen molar-refractivity contribution in [2.75, 3.05) is 7.11 Å². The molecule has 7 heteroatoms. The van der Waals surface area contributed by atoms with E-state index in [4.69, 9.17) is 0 Å². The molecule has 0 saturated carbocycles. The maximum atomic E-state index is 11.6. The molecule has 0 fully saturated rings. The van der Waals surface area contributed by atoms with E-state index in [2.05, 4.69) is 9.46 Å². The lowest BCUT2D eigenvalue weighted by molar-refractivity contribution is -0.142. The molecule has 1 aromatic heterocycles. The predicted molar refractivity (Wildman–Crippen MR) is 56.1 cm³/mol. The Kier molecular flexibility index (Phi) is 3.83. The molecule has 0 aliphatic heterocycles. The summed E-state index contributed by atoms with van der Waals surface area (Å²) in [5.74, 6) is -0.616. The molecule has 1 rings (SSSR count). The maximum Gasteiger partial charge on any atom is 0.323 e. The van der Waals surface area contributed by atoms with Crippen molar-refractivity contribution in [3.63, 3.8) is 0 Å². The molecule has 0 aliphatic rings. The number of hydrogen-bond acceptors (Lipinski definition) is 5. The van der Waals surface area contributed by atoms with Crippen molar-refractivity contribution >= 4 is 27.3 Å². The summed E-state index contributed by atoms with van der Waals surface area (Å²) < 4.78 is 30.0. The van der Waals surface area contributed by atoms with Crippen LogP contribution in [0.5, 0.6) is 0 Å². The number of carbonyl (C=O) groups is 1. The van der Waals surface area contributed by atoms with Crippen LogP contribution in [0.2, 0.25) is 0 Å². The van der Waals surface area contributed by atoms with Gasteiger partial charge in [-0.1, -0.05) is 6.07 Å². The van der Waals surface area contributed by atoms with Crippen LogP contribution in [0.4, 0.5) is 0 Å². The average Bonchev–Trinajstić information content (AvgIpc) is 2.69. The Labute approximate surface area is 92.1 Å². The monoisotopic (exact) mass is 249 g/mol.